The summed E-state index contributed by atoms with van der Waals surface area (Å²) >= 11 is -1.79. The number of hydrogen-bond donors (Lipinski definition) is 0. The van der Waals surface area contributed by atoms with E-state index >= 15 is 0 Å². The van der Waals surface area contributed by atoms with Gasteiger partial charge in [-0.3, -0.25) is 0 Å². The zero-order valence-electron chi connectivity index (χ0n) is 31.4. The molecule has 58 heavy (non-hydrogen) atoms. The summed E-state index contributed by atoms with van der Waals surface area (Å²) in [5.41, 5.74) is 12.0. The molecule has 3 aliphatic rings. The number of fused-ring (bicyclic) bond motifs is 12. The van der Waals surface area contributed by atoms with E-state index in [0.717, 1.165) is 34.8 Å². The number of nitrogens with zero attached hydrogens (tertiary/aromatic N) is 3. The van der Waals surface area contributed by atoms with Gasteiger partial charge in [-0.15, -0.1) is 0 Å². The topological polar surface area (TPSA) is 30.7 Å². The SMILES string of the molecule is c1ccc(-c2nc(-c3cccc(-n4c5ccccc5c5ccc6c7ccccc7sc6c54)c3)n[c]3c2-c2cccc[c]2[Ge]3([c]2ccccc2)[c]2cc3cc(c2)C3)cc1. The van der Waals surface area contributed by atoms with Crippen LogP contribution in [0.2, 0.25) is 0 Å². The van der Waals surface area contributed by atoms with Crippen LogP contribution in [-0.2, 0) is 6.42 Å². The van der Waals surface area contributed by atoms with Crippen LogP contribution in [0.25, 0.3) is 81.4 Å². The molecule has 14 rings (SSSR count). The van der Waals surface area contributed by atoms with Crippen molar-refractivity contribution in [3.8, 4) is 39.5 Å². The molecule has 0 N–H and O–H groups in total. The fraction of sp³-hybridized carbons (Fsp3) is 0.0189. The zero-order chi connectivity index (χ0) is 38.0. The Morgan fingerprint density at radius 2 is 1.21 bits per heavy atom. The van der Waals surface area contributed by atoms with Crippen molar-refractivity contribution in [1.82, 2.24) is 14.5 Å². The number of aromatic nitrogens is 3. The Kier molecular flexibility index (Phi) is 6.83. The molecule has 1 aliphatic heterocycles. The van der Waals surface area contributed by atoms with Gasteiger partial charge >= 0.3 is 332 Å². The first kappa shape index (κ1) is 32.5. The van der Waals surface area contributed by atoms with Crippen molar-refractivity contribution in [2.75, 3.05) is 0 Å². The third-order valence-electron chi connectivity index (χ3n) is 12.6. The van der Waals surface area contributed by atoms with Crippen molar-refractivity contribution in [2.24, 2.45) is 0 Å². The Morgan fingerprint density at radius 1 is 0.517 bits per heavy atom. The van der Waals surface area contributed by atoms with E-state index < -0.39 is 13.3 Å². The first-order valence-electron chi connectivity index (χ1n) is 19.9. The molecule has 0 fully saturated rings. The van der Waals surface area contributed by atoms with Crippen LogP contribution in [0.5, 0.6) is 0 Å². The Hall–Kier alpha value is -6.60. The van der Waals surface area contributed by atoms with Gasteiger partial charge in [-0.1, -0.05) is 12.1 Å². The molecular formula is C53H33GeN3S. The van der Waals surface area contributed by atoms with Crippen LogP contribution in [0.1, 0.15) is 11.1 Å². The van der Waals surface area contributed by atoms with Crippen LogP contribution < -0.4 is 17.7 Å². The van der Waals surface area contributed by atoms with Gasteiger partial charge < -0.3 is 0 Å². The summed E-state index contributed by atoms with van der Waals surface area (Å²) in [6.45, 7) is 0. The Balaban J connectivity index is 1.11. The van der Waals surface area contributed by atoms with Crippen LogP contribution in [0.3, 0.4) is 0 Å². The van der Waals surface area contributed by atoms with Crippen LogP contribution in [0.15, 0.2) is 188 Å². The fourth-order valence-electron chi connectivity index (χ4n) is 10.1. The van der Waals surface area contributed by atoms with E-state index in [9.17, 15) is 0 Å². The van der Waals surface area contributed by atoms with Crippen LogP contribution in [-0.4, -0.2) is 27.8 Å². The van der Waals surface area contributed by atoms with Gasteiger partial charge in [-0.25, -0.2) is 0 Å². The quantitative estimate of drug-likeness (QED) is 0.162. The number of para-hydroxylation sites is 1. The van der Waals surface area contributed by atoms with Crippen LogP contribution >= 0.6 is 11.3 Å². The molecule has 3 aromatic heterocycles. The van der Waals surface area contributed by atoms with Crippen LogP contribution in [0, 0.1) is 0 Å². The molecule has 3 nitrogen and oxygen atoms in total. The maximum atomic E-state index is 5.87. The molecule has 5 heteroatoms. The molecule has 11 aromatic rings. The predicted octanol–water partition coefficient (Wildman–Crippen LogP) is 10.5. The van der Waals surface area contributed by atoms with Gasteiger partial charge in [0.2, 0.25) is 0 Å². The number of thiophene rings is 1. The van der Waals surface area contributed by atoms with Crippen molar-refractivity contribution in [2.45, 2.75) is 6.42 Å². The molecule has 1 unspecified atom stereocenters. The van der Waals surface area contributed by atoms with E-state index in [0.29, 0.717) is 0 Å². The van der Waals surface area contributed by atoms with E-state index in [1.807, 2.05) is 11.3 Å². The van der Waals surface area contributed by atoms with E-state index in [-0.39, 0.29) is 0 Å². The first-order valence-corrected chi connectivity index (χ1v) is 25.0. The van der Waals surface area contributed by atoms with Gasteiger partial charge in [0.1, 0.15) is 0 Å². The van der Waals surface area contributed by atoms with E-state index in [1.165, 1.54) is 81.9 Å². The minimum absolute atomic E-state index is 0.763. The van der Waals surface area contributed by atoms with Crippen molar-refractivity contribution in [1.29, 1.82) is 0 Å². The third kappa shape index (κ3) is 4.44. The fourth-order valence-corrected chi connectivity index (χ4v) is 22.1. The number of rotatable bonds is 5. The summed E-state index contributed by atoms with van der Waals surface area (Å²) in [5, 5.41) is 5.12. The van der Waals surface area contributed by atoms with Gasteiger partial charge in [0.15, 0.2) is 0 Å². The van der Waals surface area contributed by atoms with Crippen molar-refractivity contribution in [3.63, 3.8) is 0 Å². The second-order valence-electron chi connectivity index (χ2n) is 15.7. The molecule has 2 bridgehead atoms. The van der Waals surface area contributed by atoms with E-state index in [1.54, 1.807) is 0 Å². The van der Waals surface area contributed by atoms with Gasteiger partial charge in [0.25, 0.3) is 0 Å². The molecule has 0 saturated heterocycles. The van der Waals surface area contributed by atoms with Crippen molar-refractivity contribution < 1.29 is 0 Å². The van der Waals surface area contributed by atoms with Gasteiger partial charge in [-0.05, 0) is 0 Å². The summed E-state index contributed by atoms with van der Waals surface area (Å²) in [6.07, 6.45) is 1.05. The average Bonchev–Trinajstić information content (AvgIpc) is 3.93. The zero-order valence-corrected chi connectivity index (χ0v) is 34.3. The minimum atomic E-state index is -3.68. The Bertz CT molecular complexity index is 3470. The molecule has 0 saturated carbocycles. The van der Waals surface area contributed by atoms with Gasteiger partial charge in [0.05, 0.1) is 0 Å². The summed E-state index contributed by atoms with van der Waals surface area (Å²) in [7, 11) is 0. The summed E-state index contributed by atoms with van der Waals surface area (Å²) in [5.74, 6) is 0.763. The standard InChI is InChI=1S/C53H33GeN3S/c1-3-14-35(15-4-1)49-48-44-22-7-10-23-45(44)54(37-17-5-2-6-18-37,38-30-33-28-34(29-33)31-38)52(48)56-53(55-49)36-16-13-19-39(32-36)57-46-24-11-8-20-40(46)42-26-27-43-41-21-9-12-25-47(41)58-51(43)50(42)57/h1-28,30-32H,29H2. The molecule has 2 aliphatic carbocycles. The molecule has 0 radical (unpaired) electrons. The maximum absolute atomic E-state index is 5.87. The summed E-state index contributed by atoms with van der Waals surface area (Å²) < 4.78 is 10.6. The second-order valence-corrected chi connectivity index (χ2v) is 24.4. The summed E-state index contributed by atoms with van der Waals surface area (Å²) in [4.78, 5) is 11.5. The summed E-state index contributed by atoms with van der Waals surface area (Å²) in [6, 6.07) is 69.7. The van der Waals surface area contributed by atoms with E-state index in [2.05, 4.69) is 193 Å². The molecule has 8 aromatic carbocycles. The first-order chi connectivity index (χ1) is 28.7. The third-order valence-corrected chi connectivity index (χ3v) is 23.5. The van der Waals surface area contributed by atoms with Gasteiger partial charge in [-0.2, -0.15) is 0 Å². The second kappa shape index (κ2) is 12.2. The average molecular weight is 817 g/mol. The number of benzene rings is 8. The van der Waals surface area contributed by atoms with Crippen LogP contribution in [0.4, 0.5) is 0 Å². The van der Waals surface area contributed by atoms with Crippen molar-refractivity contribution >= 4 is 84.3 Å². The monoisotopic (exact) mass is 817 g/mol. The predicted molar refractivity (Wildman–Crippen MR) is 246 cm³/mol. The Labute approximate surface area is 341 Å². The molecule has 270 valence electrons. The molecule has 0 spiro atoms. The Morgan fingerprint density at radius 3 is 2.05 bits per heavy atom. The van der Waals surface area contributed by atoms with Gasteiger partial charge in [0, 0.05) is 0 Å². The normalized spacial score (nSPS) is 15.2. The van der Waals surface area contributed by atoms with Crippen molar-refractivity contribution in [3.05, 3.63) is 199 Å². The number of hydrogen-bond acceptors (Lipinski definition) is 3. The molecule has 4 heterocycles. The van der Waals surface area contributed by atoms with E-state index in [4.69, 9.17) is 9.97 Å². The molecular weight excluding hydrogens is 783 g/mol. The molecule has 1 atom stereocenters. The molecule has 0 amide bonds.